The number of halogens is 1. The Kier molecular flexibility index (Phi) is 8.07. The van der Waals surface area contributed by atoms with Crippen LogP contribution in [0.2, 0.25) is 0 Å². The first-order chi connectivity index (χ1) is 13.5. The van der Waals surface area contributed by atoms with E-state index < -0.39 is 5.97 Å². The zero-order valence-electron chi connectivity index (χ0n) is 16.0. The summed E-state index contributed by atoms with van der Waals surface area (Å²) < 4.78 is 17.0. The molecule has 0 aromatic heterocycles. The number of esters is 1. The molecule has 0 heterocycles. The molecular weight excluding hydrogens is 426 g/mol. The highest BCUT2D eigenvalue weighted by Gasteiger charge is 2.17. The number of hydrogen-bond donors (Lipinski definition) is 1. The molecule has 6 nitrogen and oxygen atoms in total. The number of anilines is 1. The van der Waals surface area contributed by atoms with Crippen molar-refractivity contribution in [3.05, 3.63) is 64.3 Å². The molecule has 0 radical (unpaired) electrons. The van der Waals surface area contributed by atoms with Crippen LogP contribution in [0.25, 0.3) is 0 Å². The van der Waals surface area contributed by atoms with Crippen LogP contribution >= 0.6 is 15.9 Å². The summed E-state index contributed by atoms with van der Waals surface area (Å²) in [5.41, 5.74) is 1.36. The van der Waals surface area contributed by atoms with Crippen molar-refractivity contribution in [1.29, 1.82) is 0 Å². The minimum Gasteiger partial charge on any atom is -0.490 e. The molecule has 2 aromatic carbocycles. The van der Waals surface area contributed by atoms with E-state index in [0.29, 0.717) is 41.5 Å². The summed E-state index contributed by atoms with van der Waals surface area (Å²) in [5, 5.41) is 3.00. The molecule has 148 valence electrons. The molecular formula is C21H22BrNO5. The summed E-state index contributed by atoms with van der Waals surface area (Å²) in [6, 6.07) is 10.2. The molecule has 0 amide bonds. The van der Waals surface area contributed by atoms with Crippen LogP contribution in [0.15, 0.2) is 53.1 Å². The Morgan fingerprint density at radius 3 is 2.32 bits per heavy atom. The van der Waals surface area contributed by atoms with Gasteiger partial charge < -0.3 is 19.5 Å². The van der Waals surface area contributed by atoms with Crippen molar-refractivity contribution < 1.29 is 23.8 Å². The van der Waals surface area contributed by atoms with Gasteiger partial charge in [0.15, 0.2) is 17.3 Å². The van der Waals surface area contributed by atoms with E-state index in [1.165, 1.54) is 19.4 Å². The average molecular weight is 448 g/mol. The fourth-order valence-electron chi connectivity index (χ4n) is 2.42. The van der Waals surface area contributed by atoms with Gasteiger partial charge in [-0.2, -0.15) is 0 Å². The van der Waals surface area contributed by atoms with Crippen molar-refractivity contribution in [3.8, 4) is 11.5 Å². The molecule has 2 aromatic rings. The monoisotopic (exact) mass is 447 g/mol. The van der Waals surface area contributed by atoms with Gasteiger partial charge in [0, 0.05) is 22.3 Å². The number of benzene rings is 2. The molecule has 0 aliphatic carbocycles. The third-order valence-corrected chi connectivity index (χ3v) is 4.20. The number of hydrogen-bond acceptors (Lipinski definition) is 6. The molecule has 0 fully saturated rings. The summed E-state index contributed by atoms with van der Waals surface area (Å²) in [6.45, 7) is 4.50. The van der Waals surface area contributed by atoms with Crippen molar-refractivity contribution in [3.63, 3.8) is 0 Å². The Morgan fingerprint density at radius 1 is 1.04 bits per heavy atom. The second-order valence-corrected chi connectivity index (χ2v) is 6.47. The predicted molar refractivity (Wildman–Crippen MR) is 111 cm³/mol. The van der Waals surface area contributed by atoms with E-state index >= 15 is 0 Å². The molecule has 0 saturated carbocycles. The summed E-state index contributed by atoms with van der Waals surface area (Å²) in [4.78, 5) is 24.2. The standard InChI is InChI=1S/C21H22BrNO5/c1-4-27-19-13-15(21(25)26-3)12-17(20(19)28-5-2)23-11-10-18(24)14-6-8-16(22)9-7-14/h6-13,23H,4-5H2,1-3H3. The first kappa shape index (κ1) is 21.5. The molecule has 0 aliphatic heterocycles. The van der Waals surface area contributed by atoms with Crippen LogP contribution in [0, 0.1) is 0 Å². The van der Waals surface area contributed by atoms with Crippen LogP contribution in [0.1, 0.15) is 34.6 Å². The Hall–Kier alpha value is -2.80. The van der Waals surface area contributed by atoms with Crippen molar-refractivity contribution in [2.24, 2.45) is 0 Å². The minimum absolute atomic E-state index is 0.160. The van der Waals surface area contributed by atoms with E-state index in [0.717, 1.165) is 4.47 Å². The number of methoxy groups -OCH3 is 1. The van der Waals surface area contributed by atoms with E-state index in [1.807, 2.05) is 13.8 Å². The van der Waals surface area contributed by atoms with Crippen molar-refractivity contribution in [1.82, 2.24) is 0 Å². The Labute approximate surface area is 172 Å². The first-order valence-corrected chi connectivity index (χ1v) is 9.54. The fraction of sp³-hybridized carbons (Fsp3) is 0.238. The summed E-state index contributed by atoms with van der Waals surface area (Å²) >= 11 is 3.34. The van der Waals surface area contributed by atoms with Gasteiger partial charge in [0.1, 0.15) is 0 Å². The number of rotatable bonds is 9. The molecule has 0 aliphatic rings. The Bertz CT molecular complexity index is 862. The zero-order valence-corrected chi connectivity index (χ0v) is 17.5. The van der Waals surface area contributed by atoms with Gasteiger partial charge in [0.2, 0.25) is 0 Å². The van der Waals surface area contributed by atoms with Crippen LogP contribution in [0.3, 0.4) is 0 Å². The van der Waals surface area contributed by atoms with Crippen LogP contribution in [0.4, 0.5) is 5.69 Å². The third-order valence-electron chi connectivity index (χ3n) is 3.67. The maximum Gasteiger partial charge on any atom is 0.338 e. The number of ketones is 1. The number of carbonyl (C=O) groups is 2. The zero-order chi connectivity index (χ0) is 20.5. The lowest BCUT2D eigenvalue weighted by Crippen LogP contribution is -2.07. The molecule has 28 heavy (non-hydrogen) atoms. The fourth-order valence-corrected chi connectivity index (χ4v) is 2.68. The largest absolute Gasteiger partial charge is 0.490 e. The highest BCUT2D eigenvalue weighted by atomic mass is 79.9. The normalized spacial score (nSPS) is 10.6. The number of ether oxygens (including phenoxy) is 3. The highest BCUT2D eigenvalue weighted by molar-refractivity contribution is 9.10. The van der Waals surface area contributed by atoms with Gasteiger partial charge in [-0.05, 0) is 50.2 Å². The predicted octanol–water partition coefficient (Wildman–Crippen LogP) is 4.84. The van der Waals surface area contributed by atoms with E-state index in [1.54, 1.807) is 36.4 Å². The molecule has 2 rings (SSSR count). The molecule has 0 bridgehead atoms. The topological polar surface area (TPSA) is 73.9 Å². The van der Waals surface area contributed by atoms with Gasteiger partial charge in [-0.1, -0.05) is 15.9 Å². The van der Waals surface area contributed by atoms with Crippen LogP contribution in [-0.2, 0) is 4.74 Å². The quantitative estimate of drug-likeness (QED) is 0.336. The molecule has 0 atom stereocenters. The SMILES string of the molecule is CCOc1cc(C(=O)OC)cc(NC=CC(=O)c2ccc(Br)cc2)c1OCC. The second kappa shape index (κ2) is 10.5. The van der Waals surface area contributed by atoms with Gasteiger partial charge >= 0.3 is 5.97 Å². The van der Waals surface area contributed by atoms with Gasteiger partial charge in [-0.15, -0.1) is 0 Å². The second-order valence-electron chi connectivity index (χ2n) is 5.56. The summed E-state index contributed by atoms with van der Waals surface area (Å²) in [5.74, 6) is 0.217. The lowest BCUT2D eigenvalue weighted by molar-refractivity contribution is 0.0600. The number of nitrogens with one attached hydrogen (secondary N) is 1. The van der Waals surface area contributed by atoms with Crippen LogP contribution in [-0.4, -0.2) is 32.1 Å². The third kappa shape index (κ3) is 5.60. The Morgan fingerprint density at radius 2 is 1.71 bits per heavy atom. The van der Waals surface area contributed by atoms with E-state index in [9.17, 15) is 9.59 Å². The van der Waals surface area contributed by atoms with Crippen LogP contribution < -0.4 is 14.8 Å². The van der Waals surface area contributed by atoms with Crippen molar-refractivity contribution in [2.45, 2.75) is 13.8 Å². The number of carbonyl (C=O) groups excluding carboxylic acids is 2. The number of allylic oxidation sites excluding steroid dienone is 1. The minimum atomic E-state index is -0.498. The maximum atomic E-state index is 12.3. The smallest absolute Gasteiger partial charge is 0.338 e. The lowest BCUT2D eigenvalue weighted by Gasteiger charge is -2.16. The van der Waals surface area contributed by atoms with Gasteiger partial charge in [0.25, 0.3) is 0 Å². The highest BCUT2D eigenvalue weighted by Crippen LogP contribution is 2.37. The van der Waals surface area contributed by atoms with Gasteiger partial charge in [-0.25, -0.2) is 4.79 Å². The Balaban J connectivity index is 2.30. The average Bonchev–Trinajstić information content (AvgIpc) is 2.70. The lowest BCUT2D eigenvalue weighted by atomic mass is 10.1. The van der Waals surface area contributed by atoms with Crippen molar-refractivity contribution >= 4 is 33.4 Å². The van der Waals surface area contributed by atoms with Crippen LogP contribution in [0.5, 0.6) is 11.5 Å². The molecule has 1 N–H and O–H groups in total. The van der Waals surface area contributed by atoms with E-state index in [4.69, 9.17) is 14.2 Å². The maximum absolute atomic E-state index is 12.3. The molecule has 0 spiro atoms. The molecule has 7 heteroatoms. The van der Waals surface area contributed by atoms with E-state index in [2.05, 4.69) is 21.2 Å². The van der Waals surface area contributed by atoms with E-state index in [-0.39, 0.29) is 5.78 Å². The summed E-state index contributed by atoms with van der Waals surface area (Å²) in [6.07, 6.45) is 2.91. The van der Waals surface area contributed by atoms with Gasteiger partial charge in [0.05, 0.1) is 31.6 Å². The van der Waals surface area contributed by atoms with Crippen molar-refractivity contribution in [2.75, 3.05) is 25.6 Å². The van der Waals surface area contributed by atoms with Gasteiger partial charge in [-0.3, -0.25) is 4.79 Å². The molecule has 0 unspecified atom stereocenters. The first-order valence-electron chi connectivity index (χ1n) is 8.75. The molecule has 0 saturated heterocycles. The summed E-state index contributed by atoms with van der Waals surface area (Å²) in [7, 11) is 1.31.